The van der Waals surface area contributed by atoms with Crippen LogP contribution in [-0.2, 0) is 0 Å². The highest BCUT2D eigenvalue weighted by Gasteiger charge is 2.12. The Hall–Kier alpha value is -2.39. The van der Waals surface area contributed by atoms with Gasteiger partial charge in [0.15, 0.2) is 0 Å². The molecule has 1 aromatic carbocycles. The molecule has 0 aliphatic carbocycles. The number of benzene rings is 1. The lowest BCUT2D eigenvalue weighted by Crippen LogP contribution is -2.14. The van der Waals surface area contributed by atoms with Crippen molar-refractivity contribution in [2.24, 2.45) is 0 Å². The summed E-state index contributed by atoms with van der Waals surface area (Å²) in [6, 6.07) is 5.72. The number of anilines is 1. The van der Waals surface area contributed by atoms with Crippen molar-refractivity contribution in [2.75, 3.05) is 19.0 Å². The van der Waals surface area contributed by atoms with Gasteiger partial charge in [0.2, 0.25) is 11.2 Å². The van der Waals surface area contributed by atoms with E-state index in [0.717, 1.165) is 11.1 Å². The first-order chi connectivity index (χ1) is 9.90. The smallest absolute Gasteiger partial charge is 0.328 e. The van der Waals surface area contributed by atoms with Gasteiger partial charge in [-0.25, -0.2) is 0 Å². The molecule has 1 aromatic heterocycles. The van der Waals surface area contributed by atoms with Crippen molar-refractivity contribution < 1.29 is 4.74 Å². The van der Waals surface area contributed by atoms with Crippen molar-refractivity contribution in [3.05, 3.63) is 34.1 Å². The summed E-state index contributed by atoms with van der Waals surface area (Å²) in [7, 11) is 3.60. The number of hydrogen-bond acceptors (Lipinski definition) is 6. The lowest BCUT2D eigenvalue weighted by molar-refractivity contribution is 0.433. The maximum atomic E-state index is 8.95. The van der Waals surface area contributed by atoms with Crippen LogP contribution in [0.3, 0.4) is 0 Å². The molecule has 6 nitrogen and oxygen atoms in total. The number of nitriles is 1. The molecular weight excluding hydrogens is 290 g/mol. The minimum Gasteiger partial charge on any atom is -0.424 e. The molecule has 0 atom stereocenters. The van der Waals surface area contributed by atoms with Gasteiger partial charge >= 0.3 is 6.01 Å². The third-order valence-electron chi connectivity index (χ3n) is 2.76. The van der Waals surface area contributed by atoms with Crippen LogP contribution in [0.4, 0.5) is 5.95 Å². The Morgan fingerprint density at radius 3 is 2.29 bits per heavy atom. The minimum atomic E-state index is 0.0626. The van der Waals surface area contributed by atoms with E-state index in [1.807, 2.05) is 13.8 Å². The first-order valence-electron chi connectivity index (χ1n) is 6.19. The van der Waals surface area contributed by atoms with E-state index in [0.29, 0.717) is 17.3 Å². The molecule has 0 fully saturated rings. The van der Waals surface area contributed by atoms with E-state index in [1.54, 1.807) is 31.1 Å². The lowest BCUT2D eigenvalue weighted by atomic mass is 10.1. The fourth-order valence-electron chi connectivity index (χ4n) is 1.83. The standard InChI is InChI=1S/C14H14ClN5O/c1-8-5-10(7-16)6-9(2)11(8)21-14-18-12(15)17-13(19-14)20(3)4/h5-6H,1-4H3. The summed E-state index contributed by atoms with van der Waals surface area (Å²) >= 11 is 5.88. The van der Waals surface area contributed by atoms with E-state index < -0.39 is 0 Å². The topological polar surface area (TPSA) is 74.9 Å². The molecule has 2 rings (SSSR count). The van der Waals surface area contributed by atoms with Crippen molar-refractivity contribution in [2.45, 2.75) is 13.8 Å². The molecule has 1 heterocycles. The van der Waals surface area contributed by atoms with Gasteiger partial charge in [0.25, 0.3) is 0 Å². The van der Waals surface area contributed by atoms with Crippen LogP contribution in [0.2, 0.25) is 5.28 Å². The largest absolute Gasteiger partial charge is 0.424 e. The Bertz CT molecular complexity index is 701. The molecule has 0 aliphatic heterocycles. The Morgan fingerprint density at radius 2 is 1.76 bits per heavy atom. The fourth-order valence-corrected chi connectivity index (χ4v) is 1.98. The number of halogens is 1. The molecule has 21 heavy (non-hydrogen) atoms. The van der Waals surface area contributed by atoms with Crippen LogP contribution < -0.4 is 9.64 Å². The zero-order chi connectivity index (χ0) is 15.6. The summed E-state index contributed by atoms with van der Waals surface area (Å²) in [6.45, 7) is 3.72. The van der Waals surface area contributed by atoms with E-state index in [1.165, 1.54) is 0 Å². The fraction of sp³-hybridized carbons (Fsp3) is 0.286. The number of nitrogens with zero attached hydrogens (tertiary/aromatic N) is 5. The maximum absolute atomic E-state index is 8.95. The quantitative estimate of drug-likeness (QED) is 0.868. The Labute approximate surface area is 128 Å². The molecule has 0 spiro atoms. The van der Waals surface area contributed by atoms with Crippen molar-refractivity contribution in [1.29, 1.82) is 5.26 Å². The Balaban J connectivity index is 2.41. The predicted molar refractivity (Wildman–Crippen MR) is 79.9 cm³/mol. The van der Waals surface area contributed by atoms with Crippen LogP contribution >= 0.6 is 11.6 Å². The molecule has 7 heteroatoms. The van der Waals surface area contributed by atoms with Gasteiger partial charge in [-0.3, -0.25) is 0 Å². The lowest BCUT2D eigenvalue weighted by Gasteiger charge is -2.13. The highest BCUT2D eigenvalue weighted by Crippen LogP contribution is 2.29. The average Bonchev–Trinajstić information content (AvgIpc) is 2.42. The van der Waals surface area contributed by atoms with Crippen molar-refractivity contribution >= 4 is 17.5 Å². The normalized spacial score (nSPS) is 10.1. The number of hydrogen-bond donors (Lipinski definition) is 0. The van der Waals surface area contributed by atoms with E-state index >= 15 is 0 Å². The highest BCUT2D eigenvalue weighted by molar-refractivity contribution is 6.28. The zero-order valence-corrected chi connectivity index (χ0v) is 12.9. The van der Waals surface area contributed by atoms with E-state index in [4.69, 9.17) is 21.6 Å². The molecule has 2 aromatic rings. The van der Waals surface area contributed by atoms with Gasteiger partial charge in [0.1, 0.15) is 5.75 Å². The maximum Gasteiger partial charge on any atom is 0.328 e. The van der Waals surface area contributed by atoms with Gasteiger partial charge in [0.05, 0.1) is 11.6 Å². The van der Waals surface area contributed by atoms with E-state index in [-0.39, 0.29) is 11.3 Å². The summed E-state index contributed by atoms with van der Waals surface area (Å²) in [5.74, 6) is 1.02. The summed E-state index contributed by atoms with van der Waals surface area (Å²) in [5.41, 5.74) is 2.24. The molecule has 108 valence electrons. The SMILES string of the molecule is Cc1cc(C#N)cc(C)c1Oc1nc(Cl)nc(N(C)C)n1. The van der Waals surface area contributed by atoms with Crippen LogP contribution in [0.25, 0.3) is 0 Å². The van der Waals surface area contributed by atoms with Gasteiger partial charge in [-0.05, 0) is 48.7 Å². The number of aryl methyl sites for hydroxylation is 2. The molecular formula is C14H14ClN5O. The molecule has 0 saturated carbocycles. The third kappa shape index (κ3) is 3.38. The van der Waals surface area contributed by atoms with Crippen LogP contribution in [0.1, 0.15) is 16.7 Å². The van der Waals surface area contributed by atoms with Crippen molar-refractivity contribution in [3.8, 4) is 17.8 Å². The highest BCUT2D eigenvalue weighted by atomic mass is 35.5. The summed E-state index contributed by atoms with van der Waals surface area (Å²) in [5, 5.41) is 9.02. The zero-order valence-electron chi connectivity index (χ0n) is 12.2. The average molecular weight is 304 g/mol. The second kappa shape index (κ2) is 5.94. The molecule has 0 saturated heterocycles. The van der Waals surface area contributed by atoms with E-state index in [2.05, 4.69) is 21.0 Å². The number of rotatable bonds is 3. The molecule has 0 radical (unpaired) electrons. The molecule has 0 aliphatic rings. The van der Waals surface area contributed by atoms with E-state index in [9.17, 15) is 0 Å². The van der Waals surface area contributed by atoms with Crippen LogP contribution in [0, 0.1) is 25.2 Å². The van der Waals surface area contributed by atoms with Gasteiger partial charge in [-0.2, -0.15) is 20.2 Å². The molecule has 0 bridgehead atoms. The number of aromatic nitrogens is 3. The van der Waals surface area contributed by atoms with Crippen molar-refractivity contribution in [1.82, 2.24) is 15.0 Å². The Kier molecular flexibility index (Phi) is 4.24. The second-order valence-electron chi connectivity index (χ2n) is 4.73. The minimum absolute atomic E-state index is 0.0626. The van der Waals surface area contributed by atoms with Crippen molar-refractivity contribution in [3.63, 3.8) is 0 Å². The van der Waals surface area contributed by atoms with Crippen LogP contribution in [-0.4, -0.2) is 29.0 Å². The third-order valence-corrected chi connectivity index (χ3v) is 2.93. The van der Waals surface area contributed by atoms with Crippen LogP contribution in [0.5, 0.6) is 11.8 Å². The van der Waals surface area contributed by atoms with Gasteiger partial charge < -0.3 is 9.64 Å². The van der Waals surface area contributed by atoms with Crippen LogP contribution in [0.15, 0.2) is 12.1 Å². The summed E-state index contributed by atoms with van der Waals surface area (Å²) in [6.07, 6.45) is 0. The number of ether oxygens (including phenoxy) is 1. The molecule has 0 unspecified atom stereocenters. The predicted octanol–water partition coefficient (Wildman–Crippen LogP) is 2.87. The molecule has 0 amide bonds. The summed E-state index contributed by atoms with van der Waals surface area (Å²) < 4.78 is 5.73. The van der Waals surface area contributed by atoms with Gasteiger partial charge in [-0.1, -0.05) is 0 Å². The monoisotopic (exact) mass is 303 g/mol. The second-order valence-corrected chi connectivity index (χ2v) is 5.07. The first kappa shape index (κ1) is 15.0. The Morgan fingerprint density at radius 1 is 1.14 bits per heavy atom. The first-order valence-corrected chi connectivity index (χ1v) is 6.56. The summed E-state index contributed by atoms with van der Waals surface area (Å²) in [4.78, 5) is 13.9. The molecule has 0 N–H and O–H groups in total. The van der Waals surface area contributed by atoms with Gasteiger partial charge in [-0.15, -0.1) is 0 Å². The van der Waals surface area contributed by atoms with Gasteiger partial charge in [0, 0.05) is 14.1 Å².